The van der Waals surface area contributed by atoms with Crippen LogP contribution < -0.4 is 20.3 Å². The number of hydrogen-bond acceptors (Lipinski definition) is 5. The summed E-state index contributed by atoms with van der Waals surface area (Å²) in [5.74, 6) is 0.987. The number of aliphatic imine (C=N–C) groups is 1. The fourth-order valence-electron chi connectivity index (χ4n) is 3.84. The molecule has 6 nitrogen and oxygen atoms in total. The number of rotatable bonds is 7. The first-order valence-corrected chi connectivity index (χ1v) is 11.2. The molecule has 0 spiro atoms. The van der Waals surface area contributed by atoms with Crippen LogP contribution in [0.2, 0.25) is 0 Å². The van der Waals surface area contributed by atoms with Gasteiger partial charge in [0.15, 0.2) is 5.96 Å². The third kappa shape index (κ3) is 5.88. The van der Waals surface area contributed by atoms with Gasteiger partial charge in [0.25, 0.3) is 0 Å². The Bertz CT molecular complexity index is 686. The van der Waals surface area contributed by atoms with Crippen LogP contribution in [0.4, 0.5) is 14.5 Å². The Balaban J connectivity index is 1.55. The molecule has 1 atom stereocenters. The molecule has 2 fully saturated rings. The van der Waals surface area contributed by atoms with Crippen LogP contribution in [0.5, 0.6) is 5.75 Å². The second-order valence-corrected chi connectivity index (χ2v) is 8.62. The predicted octanol–water partition coefficient (Wildman–Crippen LogP) is 2.94. The van der Waals surface area contributed by atoms with E-state index in [1.54, 1.807) is 19.2 Å². The monoisotopic (exact) mass is 428 g/mol. The summed E-state index contributed by atoms with van der Waals surface area (Å²) in [6, 6.07) is 7.13. The highest BCUT2D eigenvalue weighted by atomic mass is 32.2. The molecule has 2 saturated heterocycles. The van der Waals surface area contributed by atoms with Crippen LogP contribution in [0.15, 0.2) is 29.3 Å². The van der Waals surface area contributed by atoms with E-state index in [4.69, 9.17) is 4.74 Å². The average molecular weight is 429 g/mol. The molecule has 2 heterocycles. The largest absolute Gasteiger partial charge is 0.433 e. The number of thioether (sulfide) groups is 1. The molecule has 0 saturated carbocycles. The van der Waals surface area contributed by atoms with Crippen molar-refractivity contribution in [1.82, 2.24) is 10.6 Å². The highest BCUT2D eigenvalue weighted by Crippen LogP contribution is 2.33. The minimum absolute atomic E-state index is 0.170. The molecule has 2 aliphatic rings. The molecule has 1 unspecified atom stereocenters. The molecule has 9 heteroatoms. The Morgan fingerprint density at radius 1 is 1.38 bits per heavy atom. The van der Waals surface area contributed by atoms with Gasteiger partial charge in [-0.25, -0.2) is 0 Å². The van der Waals surface area contributed by atoms with Gasteiger partial charge in [-0.1, -0.05) is 12.1 Å². The van der Waals surface area contributed by atoms with Crippen molar-refractivity contribution in [2.24, 2.45) is 4.99 Å². The van der Waals surface area contributed by atoms with E-state index in [1.807, 2.05) is 23.9 Å². The zero-order valence-corrected chi connectivity index (χ0v) is 17.8. The number of nitrogens with zero attached hydrogens (tertiary/aromatic N) is 2. The Kier molecular flexibility index (Phi) is 7.83. The lowest BCUT2D eigenvalue weighted by Gasteiger charge is -2.36. The molecule has 1 aromatic rings. The van der Waals surface area contributed by atoms with Crippen LogP contribution in [0.1, 0.15) is 19.3 Å². The summed E-state index contributed by atoms with van der Waals surface area (Å²) >= 11 is 1.88. The molecule has 2 N–H and O–H groups in total. The van der Waals surface area contributed by atoms with Crippen LogP contribution in [0, 0.1) is 0 Å². The van der Waals surface area contributed by atoms with E-state index in [0.29, 0.717) is 12.2 Å². The third-order valence-electron chi connectivity index (χ3n) is 5.59. The number of benzene rings is 1. The van der Waals surface area contributed by atoms with E-state index in [-0.39, 0.29) is 16.5 Å². The summed E-state index contributed by atoms with van der Waals surface area (Å²) < 4.78 is 35.7. The highest BCUT2D eigenvalue weighted by molar-refractivity contribution is 8.00. The lowest BCUT2D eigenvalue weighted by atomic mass is 9.99. The number of guanidine groups is 1. The van der Waals surface area contributed by atoms with Gasteiger partial charge in [-0.3, -0.25) is 4.99 Å². The maximum Gasteiger partial charge on any atom is 0.387 e. The van der Waals surface area contributed by atoms with Crippen molar-refractivity contribution in [3.63, 3.8) is 0 Å². The minimum Gasteiger partial charge on any atom is -0.433 e. The number of ether oxygens (including phenoxy) is 2. The van der Waals surface area contributed by atoms with Crippen molar-refractivity contribution < 1.29 is 18.3 Å². The lowest BCUT2D eigenvalue weighted by molar-refractivity contribution is -0.0495. The zero-order valence-electron chi connectivity index (χ0n) is 17.0. The standard InChI is InChI=1S/C20H30F2N4O2S/c1-23-19(24-14-20(29-2)8-11-27-12-9-20)25-15-7-10-26(13-15)16-5-3-4-6-17(16)28-18(21)22/h3-6,15,18H,7-14H2,1-2H3,(H2,23,24,25). The minimum atomic E-state index is -2.83. The third-order valence-corrected chi connectivity index (χ3v) is 7.01. The number of nitrogens with one attached hydrogen (secondary N) is 2. The number of anilines is 1. The van der Waals surface area contributed by atoms with Crippen molar-refractivity contribution >= 4 is 23.4 Å². The maximum atomic E-state index is 12.7. The Morgan fingerprint density at radius 3 is 2.83 bits per heavy atom. The average Bonchev–Trinajstić information content (AvgIpc) is 3.20. The van der Waals surface area contributed by atoms with Crippen molar-refractivity contribution in [2.45, 2.75) is 36.7 Å². The summed E-state index contributed by atoms with van der Waals surface area (Å²) in [7, 11) is 1.77. The summed E-state index contributed by atoms with van der Waals surface area (Å²) in [4.78, 5) is 6.44. The Hall–Kier alpha value is -1.74. The van der Waals surface area contributed by atoms with E-state index < -0.39 is 6.61 Å². The van der Waals surface area contributed by atoms with E-state index in [9.17, 15) is 8.78 Å². The van der Waals surface area contributed by atoms with E-state index in [2.05, 4.69) is 31.5 Å². The highest BCUT2D eigenvalue weighted by Gasteiger charge is 2.32. The van der Waals surface area contributed by atoms with E-state index >= 15 is 0 Å². The SMILES string of the molecule is CN=C(NCC1(SC)CCOCC1)NC1CCN(c2ccccc2OC(F)F)C1. The van der Waals surface area contributed by atoms with Crippen LogP contribution in [0.25, 0.3) is 0 Å². The van der Waals surface area contributed by atoms with Gasteiger partial charge in [-0.05, 0) is 37.7 Å². The second-order valence-electron chi connectivity index (χ2n) is 7.35. The summed E-state index contributed by atoms with van der Waals surface area (Å²) in [6.45, 7) is 1.07. The molecule has 0 aliphatic carbocycles. The Labute approximate surface area is 175 Å². The van der Waals surface area contributed by atoms with Gasteiger partial charge in [0.2, 0.25) is 0 Å². The fourth-order valence-corrected chi connectivity index (χ4v) is 4.63. The molecule has 0 radical (unpaired) electrons. The van der Waals surface area contributed by atoms with Crippen LogP contribution in [-0.2, 0) is 4.74 Å². The smallest absolute Gasteiger partial charge is 0.387 e. The quantitative estimate of drug-likeness (QED) is 0.515. The van der Waals surface area contributed by atoms with Gasteiger partial charge >= 0.3 is 6.61 Å². The summed E-state index contributed by atoms with van der Waals surface area (Å²) in [6.07, 6.45) is 5.09. The number of alkyl halides is 2. The molecule has 2 aliphatic heterocycles. The van der Waals surface area contributed by atoms with Gasteiger partial charge in [0.1, 0.15) is 5.75 Å². The van der Waals surface area contributed by atoms with Crippen molar-refractivity contribution in [1.29, 1.82) is 0 Å². The van der Waals surface area contributed by atoms with Gasteiger partial charge < -0.3 is 25.0 Å². The second kappa shape index (κ2) is 10.3. The summed E-state index contributed by atoms with van der Waals surface area (Å²) in [5.41, 5.74) is 0.698. The molecule has 0 bridgehead atoms. The van der Waals surface area contributed by atoms with Crippen molar-refractivity contribution in [3.05, 3.63) is 24.3 Å². The maximum absolute atomic E-state index is 12.7. The fraction of sp³-hybridized carbons (Fsp3) is 0.650. The van der Waals surface area contributed by atoms with Crippen LogP contribution >= 0.6 is 11.8 Å². The Morgan fingerprint density at radius 2 is 2.14 bits per heavy atom. The molecule has 162 valence electrons. The molecule has 3 rings (SSSR count). The van der Waals surface area contributed by atoms with Crippen molar-refractivity contribution in [2.75, 3.05) is 51.1 Å². The molecular weight excluding hydrogens is 398 g/mol. The lowest BCUT2D eigenvalue weighted by Crippen LogP contribution is -2.50. The first-order valence-electron chi connectivity index (χ1n) is 9.94. The predicted molar refractivity (Wildman–Crippen MR) is 114 cm³/mol. The number of para-hydroxylation sites is 2. The molecule has 0 amide bonds. The van der Waals surface area contributed by atoms with E-state index in [1.165, 1.54) is 0 Å². The molecule has 0 aromatic heterocycles. The van der Waals surface area contributed by atoms with Crippen molar-refractivity contribution in [3.8, 4) is 5.75 Å². The first-order chi connectivity index (χ1) is 14.0. The van der Waals surface area contributed by atoms with Gasteiger partial charge in [-0.15, -0.1) is 0 Å². The van der Waals surface area contributed by atoms with E-state index in [0.717, 1.165) is 51.5 Å². The zero-order chi connectivity index (χ0) is 20.7. The van der Waals surface area contributed by atoms with Gasteiger partial charge in [0, 0.05) is 50.7 Å². The molecular formula is C20H30F2N4O2S. The normalized spacial score (nSPS) is 22.0. The van der Waals surface area contributed by atoms with Crippen LogP contribution in [0.3, 0.4) is 0 Å². The first kappa shape index (κ1) is 22.0. The number of hydrogen-bond donors (Lipinski definition) is 2. The summed E-state index contributed by atoms with van der Waals surface area (Å²) in [5, 5.41) is 6.94. The number of halogens is 2. The topological polar surface area (TPSA) is 58.1 Å². The van der Waals surface area contributed by atoms with Gasteiger partial charge in [0.05, 0.1) is 5.69 Å². The molecule has 1 aromatic carbocycles. The van der Waals surface area contributed by atoms with Gasteiger partial charge in [-0.2, -0.15) is 20.5 Å². The van der Waals surface area contributed by atoms with Crippen LogP contribution in [-0.4, -0.2) is 69.5 Å². The molecule has 29 heavy (non-hydrogen) atoms.